The number of carbonyl (C=O) groups is 1. The van der Waals surface area contributed by atoms with E-state index in [1.165, 1.54) is 0 Å². The van der Waals surface area contributed by atoms with E-state index >= 15 is 0 Å². The Labute approximate surface area is 121 Å². The van der Waals surface area contributed by atoms with Crippen LogP contribution in [0.5, 0.6) is 0 Å². The highest BCUT2D eigenvalue weighted by Crippen LogP contribution is 2.21. The number of carbonyl (C=O) groups excluding carboxylic acids is 1. The third-order valence-electron chi connectivity index (χ3n) is 2.92. The summed E-state index contributed by atoms with van der Waals surface area (Å²) >= 11 is 5.85. The maximum absolute atomic E-state index is 11.8. The van der Waals surface area contributed by atoms with Crippen molar-refractivity contribution in [1.82, 2.24) is 0 Å². The molecule has 1 aliphatic rings. The van der Waals surface area contributed by atoms with Crippen molar-refractivity contribution in [3.05, 3.63) is 76.3 Å². The van der Waals surface area contributed by atoms with Gasteiger partial charge in [-0.3, -0.25) is 0 Å². The minimum absolute atomic E-state index is 0.443. The minimum Gasteiger partial charge on any atom is -0.312 e. The molecule has 98 valence electrons. The van der Waals surface area contributed by atoms with Crippen molar-refractivity contribution >= 4 is 29.4 Å². The molecular weight excluding hydrogens is 274 g/mol. The third kappa shape index (κ3) is 2.49. The lowest BCUT2D eigenvalue weighted by Gasteiger charge is -2.00. The summed E-state index contributed by atoms with van der Waals surface area (Å²) < 4.78 is 0. The first-order chi connectivity index (χ1) is 9.74. The first kappa shape index (κ1) is 12.6. The number of rotatable bonds is 2. The highest BCUT2D eigenvalue weighted by molar-refractivity contribution is 6.31. The van der Waals surface area contributed by atoms with E-state index in [4.69, 9.17) is 16.4 Å². The van der Waals surface area contributed by atoms with Gasteiger partial charge in [-0.25, -0.2) is 4.79 Å². The highest BCUT2D eigenvalue weighted by atomic mass is 35.5. The Hall–Kier alpha value is -2.39. The van der Waals surface area contributed by atoms with Crippen LogP contribution in [0.1, 0.15) is 11.1 Å². The topological polar surface area (TPSA) is 38.7 Å². The molecule has 1 aliphatic heterocycles. The van der Waals surface area contributed by atoms with E-state index in [-0.39, 0.29) is 0 Å². The first-order valence-electron chi connectivity index (χ1n) is 6.06. The lowest BCUT2D eigenvalue weighted by atomic mass is 10.0. The van der Waals surface area contributed by atoms with Crippen molar-refractivity contribution in [2.45, 2.75) is 0 Å². The normalized spacial score (nSPS) is 16.1. The second-order valence-electron chi connectivity index (χ2n) is 4.29. The lowest BCUT2D eigenvalue weighted by molar-refractivity contribution is -0.136. The smallest absolute Gasteiger partial charge is 0.312 e. The quantitative estimate of drug-likeness (QED) is 0.623. The zero-order valence-corrected chi connectivity index (χ0v) is 11.2. The summed E-state index contributed by atoms with van der Waals surface area (Å²) in [6, 6.07) is 16.7. The summed E-state index contributed by atoms with van der Waals surface area (Å²) in [6.07, 6.45) is 1.75. The average Bonchev–Trinajstić information content (AvgIpc) is 2.84. The average molecular weight is 284 g/mol. The monoisotopic (exact) mass is 283 g/mol. The van der Waals surface area contributed by atoms with E-state index in [9.17, 15) is 4.79 Å². The van der Waals surface area contributed by atoms with Crippen LogP contribution in [0.15, 0.2) is 65.3 Å². The van der Waals surface area contributed by atoms with E-state index in [1.54, 1.807) is 18.2 Å². The Balaban J connectivity index is 2.00. The summed E-state index contributed by atoms with van der Waals surface area (Å²) in [5, 5.41) is 4.51. The second kappa shape index (κ2) is 5.31. The van der Waals surface area contributed by atoms with Gasteiger partial charge in [-0.1, -0.05) is 59.2 Å². The molecule has 20 heavy (non-hydrogen) atoms. The predicted molar refractivity (Wildman–Crippen MR) is 78.5 cm³/mol. The van der Waals surface area contributed by atoms with Crippen LogP contribution in [0.25, 0.3) is 6.08 Å². The van der Waals surface area contributed by atoms with Crippen LogP contribution in [0, 0.1) is 0 Å². The molecule has 0 bridgehead atoms. The van der Waals surface area contributed by atoms with Gasteiger partial charge in [-0.15, -0.1) is 0 Å². The van der Waals surface area contributed by atoms with E-state index in [0.29, 0.717) is 16.3 Å². The number of hydrogen-bond donors (Lipinski definition) is 0. The Morgan fingerprint density at radius 2 is 1.70 bits per heavy atom. The molecule has 3 rings (SSSR count). The van der Waals surface area contributed by atoms with Crippen LogP contribution in [-0.4, -0.2) is 11.7 Å². The molecule has 1 heterocycles. The maximum atomic E-state index is 11.8. The van der Waals surface area contributed by atoms with Crippen LogP contribution in [0.4, 0.5) is 0 Å². The summed E-state index contributed by atoms with van der Waals surface area (Å²) in [6.45, 7) is 0. The number of benzene rings is 2. The van der Waals surface area contributed by atoms with E-state index in [1.807, 2.05) is 42.5 Å². The van der Waals surface area contributed by atoms with Crippen LogP contribution in [0.2, 0.25) is 5.02 Å². The van der Waals surface area contributed by atoms with Crippen molar-refractivity contribution in [2.24, 2.45) is 5.16 Å². The molecule has 0 unspecified atom stereocenters. The summed E-state index contributed by atoms with van der Waals surface area (Å²) in [7, 11) is 0. The molecule has 0 saturated heterocycles. The molecular formula is C16H10ClNO2. The van der Waals surface area contributed by atoms with Gasteiger partial charge in [-0.05, 0) is 23.8 Å². The standard InChI is InChI=1S/C16H10ClNO2/c17-13-8-6-11(7-9-13)10-14-15(18-20-16(14)19)12-4-2-1-3-5-12/h1-10H/b14-10-. The Morgan fingerprint density at radius 3 is 2.40 bits per heavy atom. The lowest BCUT2D eigenvalue weighted by Crippen LogP contribution is -2.06. The van der Waals surface area contributed by atoms with Crippen molar-refractivity contribution in [1.29, 1.82) is 0 Å². The molecule has 0 saturated carbocycles. The molecule has 2 aromatic carbocycles. The van der Waals surface area contributed by atoms with Gasteiger partial charge in [0.05, 0.1) is 5.57 Å². The van der Waals surface area contributed by atoms with Gasteiger partial charge in [0, 0.05) is 10.6 Å². The zero-order valence-electron chi connectivity index (χ0n) is 10.4. The van der Waals surface area contributed by atoms with Crippen LogP contribution in [0.3, 0.4) is 0 Å². The van der Waals surface area contributed by atoms with Gasteiger partial charge in [0.15, 0.2) is 0 Å². The minimum atomic E-state index is -0.446. The van der Waals surface area contributed by atoms with Crippen LogP contribution < -0.4 is 0 Å². The maximum Gasteiger partial charge on any atom is 0.368 e. The van der Waals surface area contributed by atoms with Gasteiger partial charge in [-0.2, -0.15) is 0 Å². The second-order valence-corrected chi connectivity index (χ2v) is 4.73. The molecule has 0 spiro atoms. The largest absolute Gasteiger partial charge is 0.368 e. The molecule has 0 radical (unpaired) electrons. The van der Waals surface area contributed by atoms with Gasteiger partial charge < -0.3 is 4.84 Å². The molecule has 4 heteroatoms. The van der Waals surface area contributed by atoms with Crippen molar-refractivity contribution in [2.75, 3.05) is 0 Å². The number of hydrogen-bond acceptors (Lipinski definition) is 3. The van der Waals surface area contributed by atoms with Gasteiger partial charge in [0.1, 0.15) is 5.71 Å². The van der Waals surface area contributed by atoms with Gasteiger partial charge in [0.2, 0.25) is 0 Å². The van der Waals surface area contributed by atoms with Crippen molar-refractivity contribution in [3.8, 4) is 0 Å². The molecule has 0 aromatic heterocycles. The fraction of sp³-hybridized carbons (Fsp3) is 0. The number of nitrogens with zero attached hydrogens (tertiary/aromatic N) is 1. The molecule has 0 fully saturated rings. The van der Waals surface area contributed by atoms with Gasteiger partial charge >= 0.3 is 5.97 Å². The molecule has 2 aromatic rings. The third-order valence-corrected chi connectivity index (χ3v) is 3.18. The number of oxime groups is 1. The van der Waals surface area contributed by atoms with E-state index < -0.39 is 5.97 Å². The van der Waals surface area contributed by atoms with Crippen molar-refractivity contribution < 1.29 is 9.63 Å². The van der Waals surface area contributed by atoms with Gasteiger partial charge in [0.25, 0.3) is 0 Å². The summed E-state index contributed by atoms with van der Waals surface area (Å²) in [5.41, 5.74) is 2.70. The Morgan fingerprint density at radius 1 is 1.00 bits per heavy atom. The van der Waals surface area contributed by atoms with E-state index in [2.05, 4.69) is 5.16 Å². The summed E-state index contributed by atoms with van der Waals surface area (Å²) in [4.78, 5) is 16.6. The van der Waals surface area contributed by atoms with E-state index in [0.717, 1.165) is 11.1 Å². The Bertz CT molecular complexity index is 703. The van der Waals surface area contributed by atoms with Crippen molar-refractivity contribution in [3.63, 3.8) is 0 Å². The Kier molecular flexibility index (Phi) is 3.35. The zero-order chi connectivity index (χ0) is 13.9. The van der Waals surface area contributed by atoms with Crippen LogP contribution >= 0.6 is 11.6 Å². The fourth-order valence-corrected chi connectivity index (χ4v) is 2.07. The summed E-state index contributed by atoms with van der Waals surface area (Å²) in [5.74, 6) is -0.446. The number of halogens is 1. The van der Waals surface area contributed by atoms with Crippen LogP contribution in [-0.2, 0) is 9.63 Å². The predicted octanol–water partition coefficient (Wildman–Crippen LogP) is 3.68. The molecule has 0 aliphatic carbocycles. The molecule has 0 atom stereocenters. The SMILES string of the molecule is O=C1ON=C(c2ccccc2)/C1=C/c1ccc(Cl)cc1. The molecule has 0 N–H and O–H groups in total. The molecule has 0 amide bonds. The fourth-order valence-electron chi connectivity index (χ4n) is 1.94. The highest BCUT2D eigenvalue weighted by Gasteiger charge is 2.26. The first-order valence-corrected chi connectivity index (χ1v) is 6.44. The molecule has 3 nitrogen and oxygen atoms in total.